The lowest BCUT2D eigenvalue weighted by molar-refractivity contribution is 0.0525. The molecular weight excluding hydrogens is 268 g/mol. The van der Waals surface area contributed by atoms with E-state index < -0.39 is 0 Å². The van der Waals surface area contributed by atoms with Gasteiger partial charge in [0.25, 0.3) is 5.91 Å². The number of pyridine rings is 1. The molecule has 6 heteroatoms. The van der Waals surface area contributed by atoms with Gasteiger partial charge in [-0.2, -0.15) is 5.10 Å². The number of nitrogens with zero attached hydrogens (tertiary/aromatic N) is 4. The SMILES string of the molecule is O=C(c1cccnc1)N1CCCC(Oc2cccnn2)C1. The van der Waals surface area contributed by atoms with E-state index in [1.54, 1.807) is 42.9 Å². The molecule has 0 aliphatic carbocycles. The van der Waals surface area contributed by atoms with Crippen molar-refractivity contribution in [2.45, 2.75) is 18.9 Å². The number of hydrogen-bond donors (Lipinski definition) is 0. The summed E-state index contributed by atoms with van der Waals surface area (Å²) in [7, 11) is 0. The Morgan fingerprint density at radius 3 is 2.95 bits per heavy atom. The van der Waals surface area contributed by atoms with Crippen LogP contribution in [0.15, 0.2) is 42.9 Å². The number of hydrogen-bond acceptors (Lipinski definition) is 5. The van der Waals surface area contributed by atoms with E-state index in [2.05, 4.69) is 15.2 Å². The second kappa shape index (κ2) is 6.30. The van der Waals surface area contributed by atoms with Crippen molar-refractivity contribution in [3.63, 3.8) is 0 Å². The molecule has 3 rings (SSSR count). The molecule has 0 bridgehead atoms. The Morgan fingerprint density at radius 2 is 2.19 bits per heavy atom. The smallest absolute Gasteiger partial charge is 0.255 e. The summed E-state index contributed by atoms with van der Waals surface area (Å²) in [5.41, 5.74) is 0.609. The zero-order chi connectivity index (χ0) is 14.5. The number of amides is 1. The number of rotatable bonds is 3. The Bertz CT molecular complexity index is 591. The zero-order valence-electron chi connectivity index (χ0n) is 11.6. The number of aromatic nitrogens is 3. The van der Waals surface area contributed by atoms with Crippen LogP contribution in [0.2, 0.25) is 0 Å². The van der Waals surface area contributed by atoms with Crippen molar-refractivity contribution in [1.29, 1.82) is 0 Å². The predicted octanol–water partition coefficient (Wildman–Crippen LogP) is 1.56. The second-order valence-corrected chi connectivity index (χ2v) is 4.94. The first-order valence-corrected chi connectivity index (χ1v) is 6.96. The maximum Gasteiger partial charge on any atom is 0.255 e. The molecule has 108 valence electrons. The van der Waals surface area contributed by atoms with Gasteiger partial charge in [0.05, 0.1) is 12.1 Å². The van der Waals surface area contributed by atoms with E-state index in [0.29, 0.717) is 18.0 Å². The van der Waals surface area contributed by atoms with Gasteiger partial charge in [-0.25, -0.2) is 0 Å². The van der Waals surface area contributed by atoms with Crippen LogP contribution in [0, 0.1) is 0 Å². The van der Waals surface area contributed by atoms with Crippen molar-refractivity contribution >= 4 is 5.91 Å². The minimum absolute atomic E-state index is 0.00412. The molecule has 3 heterocycles. The first kappa shape index (κ1) is 13.5. The van der Waals surface area contributed by atoms with Crippen LogP contribution in [0.1, 0.15) is 23.2 Å². The number of likely N-dealkylation sites (tertiary alicyclic amines) is 1. The monoisotopic (exact) mass is 284 g/mol. The molecule has 2 aromatic heterocycles. The van der Waals surface area contributed by atoms with Crippen LogP contribution in [-0.2, 0) is 0 Å². The van der Waals surface area contributed by atoms with Gasteiger partial charge < -0.3 is 9.64 Å². The molecule has 1 unspecified atom stereocenters. The molecule has 0 N–H and O–H groups in total. The number of piperidine rings is 1. The van der Waals surface area contributed by atoms with E-state index >= 15 is 0 Å². The highest BCUT2D eigenvalue weighted by Gasteiger charge is 2.26. The van der Waals surface area contributed by atoms with E-state index in [4.69, 9.17) is 4.74 Å². The molecule has 0 aromatic carbocycles. The van der Waals surface area contributed by atoms with Gasteiger partial charge in [-0.05, 0) is 31.0 Å². The van der Waals surface area contributed by atoms with Crippen LogP contribution in [0.5, 0.6) is 5.88 Å². The van der Waals surface area contributed by atoms with Gasteiger partial charge >= 0.3 is 0 Å². The summed E-state index contributed by atoms with van der Waals surface area (Å²) < 4.78 is 5.79. The van der Waals surface area contributed by atoms with Crippen molar-refractivity contribution in [1.82, 2.24) is 20.1 Å². The molecule has 0 saturated carbocycles. The molecule has 0 radical (unpaired) electrons. The Morgan fingerprint density at radius 1 is 1.29 bits per heavy atom. The molecule has 2 aromatic rings. The van der Waals surface area contributed by atoms with Crippen LogP contribution in [0.4, 0.5) is 0 Å². The predicted molar refractivity (Wildman–Crippen MR) is 75.8 cm³/mol. The third-order valence-electron chi connectivity index (χ3n) is 3.41. The van der Waals surface area contributed by atoms with E-state index in [-0.39, 0.29) is 12.0 Å². The number of carbonyl (C=O) groups excluding carboxylic acids is 1. The van der Waals surface area contributed by atoms with Crippen LogP contribution in [0.25, 0.3) is 0 Å². The molecule has 1 amide bonds. The van der Waals surface area contributed by atoms with Gasteiger partial charge in [0.2, 0.25) is 5.88 Å². The van der Waals surface area contributed by atoms with Gasteiger partial charge in [-0.3, -0.25) is 9.78 Å². The minimum atomic E-state index is -0.0453. The van der Waals surface area contributed by atoms with E-state index in [1.165, 1.54) is 0 Å². The van der Waals surface area contributed by atoms with E-state index in [0.717, 1.165) is 19.4 Å². The van der Waals surface area contributed by atoms with Crippen molar-refractivity contribution in [3.05, 3.63) is 48.4 Å². The maximum atomic E-state index is 12.4. The molecule has 1 aliphatic heterocycles. The molecule has 1 saturated heterocycles. The standard InChI is InChI=1S/C15H16N4O2/c20-15(12-4-1-7-16-10-12)19-9-3-5-13(11-19)21-14-6-2-8-17-18-14/h1-2,4,6-8,10,13H,3,5,9,11H2. The zero-order valence-corrected chi connectivity index (χ0v) is 11.6. The molecule has 21 heavy (non-hydrogen) atoms. The van der Waals surface area contributed by atoms with Gasteiger partial charge in [-0.15, -0.1) is 5.10 Å². The lowest BCUT2D eigenvalue weighted by Crippen LogP contribution is -2.44. The molecule has 0 spiro atoms. The quantitative estimate of drug-likeness (QED) is 0.855. The molecule has 1 fully saturated rings. The van der Waals surface area contributed by atoms with Gasteiger partial charge in [-0.1, -0.05) is 0 Å². The first-order valence-electron chi connectivity index (χ1n) is 6.96. The van der Waals surface area contributed by atoms with E-state index in [1.807, 2.05) is 4.90 Å². The van der Waals surface area contributed by atoms with Crippen molar-refractivity contribution in [2.24, 2.45) is 0 Å². The Kier molecular flexibility index (Phi) is 4.04. The maximum absolute atomic E-state index is 12.4. The molecule has 1 atom stereocenters. The average molecular weight is 284 g/mol. The van der Waals surface area contributed by atoms with E-state index in [9.17, 15) is 4.79 Å². The highest BCUT2D eigenvalue weighted by atomic mass is 16.5. The normalized spacial score (nSPS) is 18.3. The molecule has 1 aliphatic rings. The first-order chi connectivity index (χ1) is 10.3. The highest BCUT2D eigenvalue weighted by molar-refractivity contribution is 5.93. The summed E-state index contributed by atoms with van der Waals surface area (Å²) >= 11 is 0. The highest BCUT2D eigenvalue weighted by Crippen LogP contribution is 2.17. The summed E-state index contributed by atoms with van der Waals surface area (Å²) in [4.78, 5) is 18.2. The number of carbonyl (C=O) groups is 1. The van der Waals surface area contributed by atoms with Gasteiger partial charge in [0, 0.05) is 31.2 Å². The Labute approximate surface area is 122 Å². The molecule has 6 nitrogen and oxygen atoms in total. The molecular formula is C15H16N4O2. The fraction of sp³-hybridized carbons (Fsp3) is 0.333. The second-order valence-electron chi connectivity index (χ2n) is 4.94. The lowest BCUT2D eigenvalue weighted by atomic mass is 10.1. The fourth-order valence-electron chi connectivity index (χ4n) is 2.41. The average Bonchev–Trinajstić information content (AvgIpc) is 2.56. The summed E-state index contributed by atoms with van der Waals surface area (Å²) in [6.07, 6.45) is 6.63. The van der Waals surface area contributed by atoms with Gasteiger partial charge in [0.15, 0.2) is 0 Å². The van der Waals surface area contributed by atoms with Gasteiger partial charge in [0.1, 0.15) is 6.10 Å². The van der Waals surface area contributed by atoms with Crippen molar-refractivity contribution in [3.8, 4) is 5.88 Å². The third-order valence-corrected chi connectivity index (χ3v) is 3.41. The van der Waals surface area contributed by atoms with Crippen LogP contribution in [0.3, 0.4) is 0 Å². The van der Waals surface area contributed by atoms with Crippen LogP contribution >= 0.6 is 0 Å². The fourth-order valence-corrected chi connectivity index (χ4v) is 2.41. The van der Waals surface area contributed by atoms with Crippen molar-refractivity contribution < 1.29 is 9.53 Å². The minimum Gasteiger partial charge on any atom is -0.471 e. The third kappa shape index (κ3) is 3.34. The van der Waals surface area contributed by atoms with Crippen molar-refractivity contribution in [2.75, 3.05) is 13.1 Å². The summed E-state index contributed by atoms with van der Waals surface area (Å²) in [5, 5.41) is 7.70. The summed E-state index contributed by atoms with van der Waals surface area (Å²) in [5.74, 6) is 0.494. The van der Waals surface area contributed by atoms with Crippen LogP contribution in [-0.4, -0.2) is 45.2 Å². The largest absolute Gasteiger partial charge is 0.471 e. The summed E-state index contributed by atoms with van der Waals surface area (Å²) in [6, 6.07) is 7.10. The van der Waals surface area contributed by atoms with Crippen LogP contribution < -0.4 is 4.74 Å². The Hall–Kier alpha value is -2.50. The lowest BCUT2D eigenvalue weighted by Gasteiger charge is -2.32. The summed E-state index contributed by atoms with van der Waals surface area (Å²) in [6.45, 7) is 1.30. The number of ether oxygens (including phenoxy) is 1. The Balaban J connectivity index is 1.64. The topological polar surface area (TPSA) is 68.2 Å².